The molecule has 0 unspecified atom stereocenters. The van der Waals surface area contributed by atoms with Gasteiger partial charge in [0.1, 0.15) is 5.78 Å². The molecule has 0 bridgehead atoms. The number of likely N-dealkylation sites (tertiary alicyclic amines) is 1. The maximum Gasteiger partial charge on any atom is 0.436 e. The zero-order valence-corrected chi connectivity index (χ0v) is 10.7. The van der Waals surface area contributed by atoms with Crippen molar-refractivity contribution in [2.75, 3.05) is 19.6 Å². The SMILES string of the molecule is O=C1CCN(CCc2ccnc(C(F)(F)F)c2F)CC1. The molecule has 1 aromatic heterocycles. The lowest BCUT2D eigenvalue weighted by Crippen LogP contribution is -2.35. The van der Waals surface area contributed by atoms with Crippen LogP contribution >= 0.6 is 0 Å². The lowest BCUT2D eigenvalue weighted by atomic mass is 10.1. The molecular weight excluding hydrogens is 276 g/mol. The average Bonchev–Trinajstić information content (AvgIpc) is 2.38. The Morgan fingerprint density at radius 1 is 1.25 bits per heavy atom. The van der Waals surface area contributed by atoms with Crippen LogP contribution < -0.4 is 0 Å². The average molecular weight is 290 g/mol. The van der Waals surface area contributed by atoms with Crippen LogP contribution in [-0.4, -0.2) is 35.3 Å². The van der Waals surface area contributed by atoms with Crippen molar-refractivity contribution >= 4 is 5.78 Å². The number of aromatic nitrogens is 1. The molecular formula is C13H14F4N2O. The van der Waals surface area contributed by atoms with Crippen molar-refractivity contribution in [2.45, 2.75) is 25.4 Å². The number of piperidine rings is 1. The van der Waals surface area contributed by atoms with E-state index >= 15 is 0 Å². The van der Waals surface area contributed by atoms with Crippen LogP contribution in [0.4, 0.5) is 17.6 Å². The molecule has 1 aliphatic rings. The van der Waals surface area contributed by atoms with E-state index in [2.05, 4.69) is 4.98 Å². The van der Waals surface area contributed by atoms with Crippen molar-refractivity contribution in [3.05, 3.63) is 29.3 Å². The summed E-state index contributed by atoms with van der Waals surface area (Å²) in [5, 5.41) is 0. The highest BCUT2D eigenvalue weighted by molar-refractivity contribution is 5.79. The van der Waals surface area contributed by atoms with Crippen LogP contribution in [0.25, 0.3) is 0 Å². The van der Waals surface area contributed by atoms with Crippen LogP contribution in [0.15, 0.2) is 12.3 Å². The third-order valence-electron chi connectivity index (χ3n) is 3.35. The van der Waals surface area contributed by atoms with Crippen molar-refractivity contribution in [3.8, 4) is 0 Å². The first kappa shape index (κ1) is 14.9. The van der Waals surface area contributed by atoms with E-state index in [1.165, 1.54) is 6.07 Å². The van der Waals surface area contributed by atoms with Gasteiger partial charge in [-0.25, -0.2) is 9.37 Å². The van der Waals surface area contributed by atoms with Gasteiger partial charge in [-0.05, 0) is 18.1 Å². The van der Waals surface area contributed by atoms with E-state index in [9.17, 15) is 22.4 Å². The minimum atomic E-state index is -4.78. The van der Waals surface area contributed by atoms with Crippen LogP contribution in [0.1, 0.15) is 24.1 Å². The summed E-state index contributed by atoms with van der Waals surface area (Å²) in [5.41, 5.74) is -1.46. The van der Waals surface area contributed by atoms with Crippen LogP contribution in [-0.2, 0) is 17.4 Å². The lowest BCUT2D eigenvalue weighted by Gasteiger charge is -2.25. The number of Topliss-reactive ketones (excluding diaryl/α,β-unsaturated/α-hetero) is 1. The van der Waals surface area contributed by atoms with E-state index in [0.29, 0.717) is 32.5 Å². The molecule has 0 aliphatic carbocycles. The Bertz CT molecular complexity index is 492. The zero-order chi connectivity index (χ0) is 14.8. The number of ketones is 1. The molecule has 0 saturated carbocycles. The maximum absolute atomic E-state index is 13.7. The number of halogens is 4. The number of carbonyl (C=O) groups is 1. The highest BCUT2D eigenvalue weighted by atomic mass is 19.4. The monoisotopic (exact) mass is 290 g/mol. The molecule has 3 nitrogen and oxygen atoms in total. The van der Waals surface area contributed by atoms with Crippen LogP contribution in [0.2, 0.25) is 0 Å². The molecule has 0 atom stereocenters. The smallest absolute Gasteiger partial charge is 0.302 e. The van der Waals surface area contributed by atoms with Gasteiger partial charge in [-0.15, -0.1) is 0 Å². The molecule has 1 aromatic rings. The van der Waals surface area contributed by atoms with Gasteiger partial charge in [-0.3, -0.25) is 4.79 Å². The molecule has 2 heterocycles. The summed E-state index contributed by atoms with van der Waals surface area (Å²) in [7, 11) is 0. The second kappa shape index (κ2) is 5.87. The predicted molar refractivity (Wildman–Crippen MR) is 63.6 cm³/mol. The third kappa shape index (κ3) is 3.53. The minimum Gasteiger partial charge on any atom is -0.302 e. The summed E-state index contributed by atoms with van der Waals surface area (Å²) in [6, 6.07) is 1.26. The van der Waals surface area contributed by atoms with Gasteiger partial charge in [-0.2, -0.15) is 13.2 Å². The molecule has 1 aliphatic heterocycles. The van der Waals surface area contributed by atoms with E-state index in [1.54, 1.807) is 0 Å². The lowest BCUT2D eigenvalue weighted by molar-refractivity contribution is -0.143. The largest absolute Gasteiger partial charge is 0.436 e. The molecule has 0 N–H and O–H groups in total. The molecule has 0 aromatic carbocycles. The van der Waals surface area contributed by atoms with Gasteiger partial charge in [0, 0.05) is 38.7 Å². The van der Waals surface area contributed by atoms with Crippen molar-refractivity contribution in [2.24, 2.45) is 0 Å². The predicted octanol–water partition coefficient (Wildman–Crippen LogP) is 2.45. The van der Waals surface area contributed by atoms with Gasteiger partial charge in [-0.1, -0.05) is 0 Å². The Morgan fingerprint density at radius 2 is 1.90 bits per heavy atom. The number of nitrogens with zero attached hydrogens (tertiary/aromatic N) is 2. The molecule has 0 radical (unpaired) electrons. The molecule has 1 saturated heterocycles. The normalized spacial score (nSPS) is 17.5. The van der Waals surface area contributed by atoms with Crippen LogP contribution in [0, 0.1) is 5.82 Å². The van der Waals surface area contributed by atoms with Gasteiger partial charge in [0.15, 0.2) is 11.5 Å². The van der Waals surface area contributed by atoms with E-state index in [0.717, 1.165) is 6.20 Å². The maximum atomic E-state index is 13.7. The summed E-state index contributed by atoms with van der Waals surface area (Å²) < 4.78 is 51.3. The fraction of sp³-hybridized carbons (Fsp3) is 0.538. The van der Waals surface area contributed by atoms with Crippen molar-refractivity contribution < 1.29 is 22.4 Å². The van der Waals surface area contributed by atoms with Crippen molar-refractivity contribution in [1.29, 1.82) is 0 Å². The van der Waals surface area contributed by atoms with Gasteiger partial charge in [0.05, 0.1) is 0 Å². The van der Waals surface area contributed by atoms with E-state index in [1.807, 2.05) is 4.90 Å². The summed E-state index contributed by atoms with van der Waals surface area (Å²) in [4.78, 5) is 16.1. The molecule has 2 rings (SSSR count). The number of rotatable bonds is 3. The standard InChI is InChI=1S/C13H14F4N2O/c14-11-9(1-5-18-12(11)13(15,16)17)2-6-19-7-3-10(20)4-8-19/h1,5H,2-4,6-8H2. The topological polar surface area (TPSA) is 33.2 Å². The number of alkyl halides is 3. The van der Waals surface area contributed by atoms with E-state index in [4.69, 9.17) is 0 Å². The van der Waals surface area contributed by atoms with Crippen LogP contribution in [0.3, 0.4) is 0 Å². The second-order valence-corrected chi connectivity index (χ2v) is 4.76. The molecule has 110 valence electrons. The highest BCUT2D eigenvalue weighted by Crippen LogP contribution is 2.30. The minimum absolute atomic E-state index is 0.00391. The first-order valence-corrected chi connectivity index (χ1v) is 6.32. The zero-order valence-electron chi connectivity index (χ0n) is 10.7. The van der Waals surface area contributed by atoms with Crippen molar-refractivity contribution in [1.82, 2.24) is 9.88 Å². The summed E-state index contributed by atoms with van der Waals surface area (Å²) >= 11 is 0. The number of hydrogen-bond donors (Lipinski definition) is 0. The van der Waals surface area contributed by atoms with Gasteiger partial charge < -0.3 is 4.90 Å². The Labute approximate surface area is 113 Å². The molecule has 1 fully saturated rings. The first-order valence-electron chi connectivity index (χ1n) is 6.32. The molecule has 20 heavy (non-hydrogen) atoms. The summed E-state index contributed by atoms with van der Waals surface area (Å²) in [6.07, 6.45) is -2.73. The second-order valence-electron chi connectivity index (χ2n) is 4.76. The third-order valence-corrected chi connectivity index (χ3v) is 3.35. The van der Waals surface area contributed by atoms with Crippen LogP contribution in [0.5, 0.6) is 0 Å². The van der Waals surface area contributed by atoms with Gasteiger partial charge >= 0.3 is 6.18 Å². The fourth-order valence-electron chi connectivity index (χ4n) is 2.18. The van der Waals surface area contributed by atoms with Gasteiger partial charge in [0.2, 0.25) is 0 Å². The Balaban J connectivity index is 2.01. The fourth-order valence-corrected chi connectivity index (χ4v) is 2.18. The van der Waals surface area contributed by atoms with E-state index in [-0.39, 0.29) is 17.8 Å². The number of hydrogen-bond acceptors (Lipinski definition) is 3. The van der Waals surface area contributed by atoms with Crippen molar-refractivity contribution in [3.63, 3.8) is 0 Å². The summed E-state index contributed by atoms with van der Waals surface area (Å²) in [6.45, 7) is 1.60. The van der Waals surface area contributed by atoms with E-state index < -0.39 is 17.7 Å². The number of pyridine rings is 1. The highest BCUT2D eigenvalue weighted by Gasteiger charge is 2.36. The summed E-state index contributed by atoms with van der Waals surface area (Å²) in [5.74, 6) is -1.11. The Morgan fingerprint density at radius 3 is 2.50 bits per heavy atom. The quantitative estimate of drug-likeness (QED) is 0.802. The van der Waals surface area contributed by atoms with Gasteiger partial charge in [0.25, 0.3) is 0 Å². The number of carbonyl (C=O) groups excluding carboxylic acids is 1. The Hall–Kier alpha value is -1.50. The molecule has 0 amide bonds. The Kier molecular flexibility index (Phi) is 4.37. The first-order chi connectivity index (χ1) is 9.38. The molecule has 0 spiro atoms. The molecule has 7 heteroatoms.